The fourth-order valence-electron chi connectivity index (χ4n) is 1.21. The Bertz CT molecular complexity index is 465. The topological polar surface area (TPSA) is 89.9 Å². The monoisotopic (exact) mass is 252 g/mol. The summed E-state index contributed by atoms with van der Waals surface area (Å²) in [5, 5.41) is 8.87. The van der Waals surface area contributed by atoms with E-state index < -0.39 is 17.9 Å². The van der Waals surface area contributed by atoms with Crippen LogP contribution < -0.4 is 4.74 Å². The minimum Gasteiger partial charge on any atom is -0.478 e. The van der Waals surface area contributed by atoms with Gasteiger partial charge in [0.05, 0.1) is 20.0 Å². The van der Waals surface area contributed by atoms with Gasteiger partial charge in [-0.3, -0.25) is 9.59 Å². The van der Waals surface area contributed by atoms with Gasteiger partial charge in [0.1, 0.15) is 11.3 Å². The highest BCUT2D eigenvalue weighted by Crippen LogP contribution is 2.18. The molecule has 0 saturated carbocycles. The van der Waals surface area contributed by atoms with Crippen molar-refractivity contribution in [3.05, 3.63) is 29.8 Å². The van der Waals surface area contributed by atoms with E-state index in [1.807, 2.05) is 0 Å². The zero-order valence-corrected chi connectivity index (χ0v) is 9.71. The van der Waals surface area contributed by atoms with Gasteiger partial charge in [-0.15, -0.1) is 0 Å². The molecule has 0 atom stereocenters. The third kappa shape index (κ3) is 3.89. The van der Waals surface area contributed by atoms with Crippen LogP contribution in [0.25, 0.3) is 0 Å². The second kappa shape index (κ2) is 6.39. The standard InChI is InChI=1S/C12H12O6/c1-17-10(13)6-7-11(14)18-9-5-3-2-4-8(9)12(15)16/h2-5H,6-7H2,1H3,(H,15,16). The minimum atomic E-state index is -1.19. The summed E-state index contributed by atoms with van der Waals surface area (Å²) < 4.78 is 9.25. The normalized spacial score (nSPS) is 9.61. The summed E-state index contributed by atoms with van der Waals surface area (Å²) in [5.41, 5.74) is -0.107. The lowest BCUT2D eigenvalue weighted by molar-refractivity contribution is -0.144. The molecule has 0 heterocycles. The summed E-state index contributed by atoms with van der Waals surface area (Å²) in [6.07, 6.45) is -0.273. The molecule has 1 aromatic rings. The largest absolute Gasteiger partial charge is 0.478 e. The van der Waals surface area contributed by atoms with Crippen LogP contribution >= 0.6 is 0 Å². The Kier molecular flexibility index (Phi) is 4.86. The van der Waals surface area contributed by atoms with E-state index in [4.69, 9.17) is 9.84 Å². The number of para-hydroxylation sites is 1. The van der Waals surface area contributed by atoms with Crippen molar-refractivity contribution in [1.82, 2.24) is 0 Å². The van der Waals surface area contributed by atoms with Gasteiger partial charge < -0.3 is 14.6 Å². The van der Waals surface area contributed by atoms with E-state index in [2.05, 4.69) is 4.74 Å². The highest BCUT2D eigenvalue weighted by atomic mass is 16.5. The molecule has 6 heteroatoms. The van der Waals surface area contributed by atoms with E-state index in [0.717, 1.165) is 0 Å². The van der Waals surface area contributed by atoms with Crippen LogP contribution in [-0.2, 0) is 14.3 Å². The highest BCUT2D eigenvalue weighted by molar-refractivity contribution is 5.92. The maximum atomic E-state index is 11.4. The number of hydrogen-bond acceptors (Lipinski definition) is 5. The van der Waals surface area contributed by atoms with E-state index in [-0.39, 0.29) is 24.2 Å². The van der Waals surface area contributed by atoms with Crippen LogP contribution in [0, 0.1) is 0 Å². The summed E-state index contributed by atoms with van der Waals surface area (Å²) in [6.45, 7) is 0. The number of ether oxygens (including phenoxy) is 2. The molecule has 1 N–H and O–H groups in total. The first-order valence-electron chi connectivity index (χ1n) is 5.14. The van der Waals surface area contributed by atoms with Gasteiger partial charge in [-0.25, -0.2) is 4.79 Å². The van der Waals surface area contributed by atoms with Gasteiger partial charge in [-0.1, -0.05) is 12.1 Å². The van der Waals surface area contributed by atoms with Gasteiger partial charge in [-0.2, -0.15) is 0 Å². The van der Waals surface area contributed by atoms with Crippen molar-refractivity contribution in [2.45, 2.75) is 12.8 Å². The van der Waals surface area contributed by atoms with Crippen molar-refractivity contribution >= 4 is 17.9 Å². The quantitative estimate of drug-likeness (QED) is 0.626. The second-order valence-electron chi connectivity index (χ2n) is 3.35. The Balaban J connectivity index is 2.65. The molecule has 6 nitrogen and oxygen atoms in total. The number of rotatable bonds is 5. The van der Waals surface area contributed by atoms with E-state index in [1.54, 1.807) is 6.07 Å². The number of esters is 2. The van der Waals surface area contributed by atoms with Gasteiger partial charge in [0.15, 0.2) is 0 Å². The fourth-order valence-corrected chi connectivity index (χ4v) is 1.21. The molecule has 96 valence electrons. The average molecular weight is 252 g/mol. The van der Waals surface area contributed by atoms with E-state index in [9.17, 15) is 14.4 Å². The molecule has 0 aliphatic carbocycles. The molecule has 0 aromatic heterocycles. The minimum absolute atomic E-state index is 0.0418. The van der Waals surface area contributed by atoms with Crippen LogP contribution in [0.1, 0.15) is 23.2 Å². The van der Waals surface area contributed by atoms with Crippen molar-refractivity contribution in [2.75, 3.05) is 7.11 Å². The number of methoxy groups -OCH3 is 1. The Hall–Kier alpha value is -2.37. The smallest absolute Gasteiger partial charge is 0.339 e. The summed E-state index contributed by atoms with van der Waals surface area (Å²) in [4.78, 5) is 33.1. The van der Waals surface area contributed by atoms with Crippen LogP contribution in [0.5, 0.6) is 5.75 Å². The van der Waals surface area contributed by atoms with E-state index in [0.29, 0.717) is 0 Å². The molecule has 0 aliphatic rings. The molecule has 0 saturated heterocycles. The Labute approximate surface area is 103 Å². The lowest BCUT2D eigenvalue weighted by Gasteiger charge is -2.06. The highest BCUT2D eigenvalue weighted by Gasteiger charge is 2.14. The second-order valence-corrected chi connectivity index (χ2v) is 3.35. The zero-order chi connectivity index (χ0) is 13.5. The molecule has 18 heavy (non-hydrogen) atoms. The Morgan fingerprint density at radius 1 is 1.11 bits per heavy atom. The van der Waals surface area contributed by atoms with Gasteiger partial charge in [0.25, 0.3) is 0 Å². The molecule has 0 bridgehead atoms. The predicted molar refractivity (Wildman–Crippen MR) is 60.3 cm³/mol. The molecule has 0 amide bonds. The number of carbonyl (C=O) groups excluding carboxylic acids is 2. The number of hydrogen-bond donors (Lipinski definition) is 1. The molecule has 1 aromatic carbocycles. The number of benzene rings is 1. The SMILES string of the molecule is COC(=O)CCC(=O)Oc1ccccc1C(=O)O. The average Bonchev–Trinajstić information content (AvgIpc) is 2.36. The van der Waals surface area contributed by atoms with Crippen LogP contribution in [0.15, 0.2) is 24.3 Å². The number of carbonyl (C=O) groups is 3. The number of aromatic carboxylic acids is 1. The first kappa shape index (κ1) is 13.7. The predicted octanol–water partition coefficient (Wildman–Crippen LogP) is 1.24. The molecule has 0 spiro atoms. The van der Waals surface area contributed by atoms with Gasteiger partial charge in [0.2, 0.25) is 0 Å². The lowest BCUT2D eigenvalue weighted by Crippen LogP contribution is -2.13. The fraction of sp³-hybridized carbons (Fsp3) is 0.250. The summed E-state index contributed by atoms with van der Waals surface area (Å²) >= 11 is 0. The molecule has 0 radical (unpaired) electrons. The summed E-state index contributed by atoms with van der Waals surface area (Å²) in [6, 6.07) is 5.77. The van der Waals surface area contributed by atoms with Crippen molar-refractivity contribution < 1.29 is 29.0 Å². The van der Waals surface area contributed by atoms with Crippen LogP contribution in [0.4, 0.5) is 0 Å². The molecular weight excluding hydrogens is 240 g/mol. The zero-order valence-electron chi connectivity index (χ0n) is 9.71. The van der Waals surface area contributed by atoms with Crippen molar-refractivity contribution in [3.63, 3.8) is 0 Å². The maximum absolute atomic E-state index is 11.4. The molecule has 0 aliphatic heterocycles. The summed E-state index contributed by atoms with van der Waals surface area (Å²) in [7, 11) is 1.22. The molecule has 1 rings (SSSR count). The first-order valence-corrected chi connectivity index (χ1v) is 5.14. The third-order valence-electron chi connectivity index (χ3n) is 2.10. The van der Waals surface area contributed by atoms with Crippen LogP contribution in [0.2, 0.25) is 0 Å². The molecular formula is C12H12O6. The van der Waals surface area contributed by atoms with Gasteiger partial charge in [0, 0.05) is 0 Å². The Morgan fingerprint density at radius 3 is 2.33 bits per heavy atom. The van der Waals surface area contributed by atoms with E-state index >= 15 is 0 Å². The van der Waals surface area contributed by atoms with Crippen molar-refractivity contribution in [2.24, 2.45) is 0 Å². The number of carboxylic acids is 1. The molecule has 0 unspecified atom stereocenters. The summed E-state index contributed by atoms with van der Waals surface area (Å²) in [5.74, 6) is -2.45. The van der Waals surface area contributed by atoms with E-state index in [1.165, 1.54) is 25.3 Å². The Morgan fingerprint density at radius 2 is 1.72 bits per heavy atom. The number of carboxylic acid groups (broad SMARTS) is 1. The van der Waals surface area contributed by atoms with Gasteiger partial charge >= 0.3 is 17.9 Å². The van der Waals surface area contributed by atoms with Crippen molar-refractivity contribution in [1.29, 1.82) is 0 Å². The lowest BCUT2D eigenvalue weighted by atomic mass is 10.2. The maximum Gasteiger partial charge on any atom is 0.339 e. The van der Waals surface area contributed by atoms with Crippen LogP contribution in [0.3, 0.4) is 0 Å². The first-order chi connectivity index (χ1) is 8.54. The van der Waals surface area contributed by atoms with Gasteiger partial charge in [-0.05, 0) is 12.1 Å². The third-order valence-corrected chi connectivity index (χ3v) is 2.10. The molecule has 0 fully saturated rings. The van der Waals surface area contributed by atoms with Crippen molar-refractivity contribution in [3.8, 4) is 5.75 Å². The van der Waals surface area contributed by atoms with Crippen LogP contribution in [-0.4, -0.2) is 30.1 Å².